The molecule has 2 aliphatic rings. The number of ketones is 1. The monoisotopic (exact) mass is 424 g/mol. The van der Waals surface area contributed by atoms with E-state index >= 15 is 0 Å². The molecule has 4 atom stereocenters. The summed E-state index contributed by atoms with van der Waals surface area (Å²) in [6.07, 6.45) is 7.57. The Kier molecular flexibility index (Phi) is 10.1. The van der Waals surface area contributed by atoms with Crippen LogP contribution in [0.3, 0.4) is 0 Å². The van der Waals surface area contributed by atoms with Crippen molar-refractivity contribution in [3.05, 3.63) is 0 Å². The molecule has 7 nitrogen and oxygen atoms in total. The van der Waals surface area contributed by atoms with Gasteiger partial charge in [0.15, 0.2) is 0 Å². The quantitative estimate of drug-likeness (QED) is 0.446. The zero-order valence-electron chi connectivity index (χ0n) is 18.8. The summed E-state index contributed by atoms with van der Waals surface area (Å²) in [6.45, 7) is 6.41. The Labute approximate surface area is 180 Å². The van der Waals surface area contributed by atoms with Crippen LogP contribution in [0.2, 0.25) is 0 Å². The average molecular weight is 425 g/mol. The summed E-state index contributed by atoms with van der Waals surface area (Å²) in [7, 11) is 0. The van der Waals surface area contributed by atoms with E-state index in [2.05, 4.69) is 10.6 Å². The fraction of sp³-hybridized carbons (Fsp3) is 0.870. The van der Waals surface area contributed by atoms with Crippen molar-refractivity contribution in [1.29, 1.82) is 0 Å². The number of aliphatic hydroxyl groups is 1. The Bertz CT molecular complexity index is 574. The lowest BCUT2D eigenvalue weighted by Gasteiger charge is -2.27. The Morgan fingerprint density at radius 3 is 2.40 bits per heavy atom. The molecular formula is C23H40N2O5. The number of nitrogens with one attached hydrogen (secondary N) is 2. The second-order valence-corrected chi connectivity index (χ2v) is 9.45. The van der Waals surface area contributed by atoms with Crippen LogP contribution >= 0.6 is 0 Å². The molecule has 0 heterocycles. The van der Waals surface area contributed by atoms with E-state index in [1.54, 1.807) is 0 Å². The van der Waals surface area contributed by atoms with E-state index in [1.807, 2.05) is 20.8 Å². The zero-order valence-corrected chi connectivity index (χ0v) is 18.8. The number of rotatable bonds is 12. The van der Waals surface area contributed by atoms with E-state index in [-0.39, 0.29) is 23.5 Å². The smallest absolute Gasteiger partial charge is 0.407 e. The summed E-state index contributed by atoms with van der Waals surface area (Å²) in [5.74, 6) is -0.0490. The van der Waals surface area contributed by atoms with Crippen molar-refractivity contribution in [2.75, 3.05) is 6.61 Å². The number of amides is 2. The van der Waals surface area contributed by atoms with E-state index < -0.39 is 24.3 Å². The lowest BCUT2D eigenvalue weighted by atomic mass is 9.90. The van der Waals surface area contributed by atoms with Gasteiger partial charge >= 0.3 is 6.09 Å². The number of carbonyl (C=O) groups is 3. The molecule has 2 saturated carbocycles. The molecule has 7 heteroatoms. The summed E-state index contributed by atoms with van der Waals surface area (Å²) in [5, 5.41) is 16.1. The van der Waals surface area contributed by atoms with E-state index in [4.69, 9.17) is 4.74 Å². The lowest BCUT2D eigenvalue weighted by molar-refractivity contribution is -0.125. The predicted octanol–water partition coefficient (Wildman–Crippen LogP) is 3.33. The van der Waals surface area contributed by atoms with Crippen LogP contribution in [-0.4, -0.2) is 47.7 Å². The standard InChI is InChI=1S/C23H40N2O5/c1-4-5-11-18(21(27)17-13-20(17)26)24-22(28)19(12-15(2)3)25-23(29)30-14-16-9-7-6-8-10-16/h15-19,21,27H,4-14H2,1-3H3,(H,24,28)(H,25,29)/t17?,18-,19-,21?/m0/s1. The van der Waals surface area contributed by atoms with Gasteiger partial charge in [0, 0.05) is 6.42 Å². The van der Waals surface area contributed by atoms with Crippen LogP contribution in [0.15, 0.2) is 0 Å². The number of ether oxygens (including phenoxy) is 1. The number of carbonyl (C=O) groups excluding carboxylic acids is 3. The second-order valence-electron chi connectivity index (χ2n) is 9.45. The van der Waals surface area contributed by atoms with Crippen molar-refractivity contribution in [3.63, 3.8) is 0 Å². The summed E-state index contributed by atoms with van der Waals surface area (Å²) in [4.78, 5) is 36.7. The maximum atomic E-state index is 12.9. The van der Waals surface area contributed by atoms with Crippen LogP contribution in [0.25, 0.3) is 0 Å². The first-order valence-corrected chi connectivity index (χ1v) is 11.8. The van der Waals surface area contributed by atoms with Gasteiger partial charge in [0.25, 0.3) is 0 Å². The van der Waals surface area contributed by atoms with E-state index in [9.17, 15) is 19.5 Å². The van der Waals surface area contributed by atoms with E-state index in [0.29, 0.717) is 31.8 Å². The minimum Gasteiger partial charge on any atom is -0.449 e. The van der Waals surface area contributed by atoms with Crippen molar-refractivity contribution in [3.8, 4) is 0 Å². The first-order valence-electron chi connectivity index (χ1n) is 11.8. The molecule has 0 spiro atoms. The van der Waals surface area contributed by atoms with Crippen LogP contribution in [0, 0.1) is 17.8 Å². The van der Waals surface area contributed by atoms with Gasteiger partial charge in [0.2, 0.25) is 5.91 Å². The van der Waals surface area contributed by atoms with Gasteiger partial charge < -0.3 is 20.5 Å². The van der Waals surface area contributed by atoms with Crippen LogP contribution in [0.4, 0.5) is 4.79 Å². The first kappa shape index (κ1) is 24.6. The Hall–Kier alpha value is -1.63. The number of hydrogen-bond donors (Lipinski definition) is 3. The predicted molar refractivity (Wildman–Crippen MR) is 115 cm³/mol. The number of aliphatic hydroxyl groups excluding tert-OH is 1. The summed E-state index contributed by atoms with van der Waals surface area (Å²) < 4.78 is 5.40. The molecule has 2 fully saturated rings. The van der Waals surface area contributed by atoms with Crippen LogP contribution in [-0.2, 0) is 14.3 Å². The molecular weight excluding hydrogens is 384 g/mol. The normalized spacial score (nSPS) is 22.3. The van der Waals surface area contributed by atoms with Crippen LogP contribution in [0.1, 0.15) is 85.0 Å². The van der Waals surface area contributed by atoms with Crippen molar-refractivity contribution < 1.29 is 24.2 Å². The molecule has 0 saturated heterocycles. The Morgan fingerprint density at radius 1 is 1.17 bits per heavy atom. The maximum absolute atomic E-state index is 12.9. The highest BCUT2D eigenvalue weighted by molar-refractivity contribution is 5.96. The van der Waals surface area contributed by atoms with Crippen molar-refractivity contribution in [1.82, 2.24) is 10.6 Å². The van der Waals surface area contributed by atoms with Crippen molar-refractivity contribution in [2.24, 2.45) is 17.8 Å². The third-order valence-electron chi connectivity index (χ3n) is 6.19. The van der Waals surface area contributed by atoms with Gasteiger partial charge in [-0.15, -0.1) is 0 Å². The fourth-order valence-corrected chi connectivity index (χ4v) is 4.22. The topological polar surface area (TPSA) is 105 Å². The molecule has 0 aromatic rings. The lowest BCUT2D eigenvalue weighted by Crippen LogP contribution is -2.53. The molecule has 0 aromatic carbocycles. The highest BCUT2D eigenvalue weighted by Gasteiger charge is 2.44. The fourth-order valence-electron chi connectivity index (χ4n) is 4.22. The number of alkyl carbamates (subject to hydrolysis) is 1. The molecule has 2 amide bonds. The minimum atomic E-state index is -0.869. The summed E-state index contributed by atoms with van der Waals surface area (Å²) >= 11 is 0. The molecule has 172 valence electrons. The second kappa shape index (κ2) is 12.3. The highest BCUT2D eigenvalue weighted by atomic mass is 16.5. The van der Waals surface area contributed by atoms with E-state index in [1.165, 1.54) is 19.3 Å². The zero-order chi connectivity index (χ0) is 22.1. The largest absolute Gasteiger partial charge is 0.449 e. The van der Waals surface area contributed by atoms with Gasteiger partial charge in [0.05, 0.1) is 24.7 Å². The van der Waals surface area contributed by atoms with Crippen molar-refractivity contribution >= 4 is 17.8 Å². The number of unbranched alkanes of at least 4 members (excludes halogenated alkanes) is 1. The van der Waals surface area contributed by atoms with Gasteiger partial charge in [0.1, 0.15) is 11.8 Å². The van der Waals surface area contributed by atoms with Gasteiger partial charge in [-0.3, -0.25) is 9.59 Å². The third-order valence-corrected chi connectivity index (χ3v) is 6.19. The third kappa shape index (κ3) is 8.25. The molecule has 0 bridgehead atoms. The van der Waals surface area contributed by atoms with Gasteiger partial charge in [-0.25, -0.2) is 4.79 Å². The number of Topliss-reactive ketones (excluding diaryl/α,β-unsaturated/α-hetero) is 1. The maximum Gasteiger partial charge on any atom is 0.407 e. The molecule has 3 N–H and O–H groups in total. The molecule has 2 unspecified atom stereocenters. The Balaban J connectivity index is 1.90. The van der Waals surface area contributed by atoms with Gasteiger partial charge in [-0.2, -0.15) is 0 Å². The molecule has 0 aromatic heterocycles. The summed E-state index contributed by atoms with van der Waals surface area (Å²) in [5.41, 5.74) is 0. The minimum absolute atomic E-state index is 0.0430. The van der Waals surface area contributed by atoms with Crippen molar-refractivity contribution in [2.45, 2.75) is 103 Å². The first-order chi connectivity index (χ1) is 14.3. The molecule has 30 heavy (non-hydrogen) atoms. The Morgan fingerprint density at radius 2 is 1.83 bits per heavy atom. The van der Waals surface area contributed by atoms with Crippen LogP contribution < -0.4 is 10.6 Å². The molecule has 2 rings (SSSR count). The molecule has 0 aliphatic heterocycles. The van der Waals surface area contributed by atoms with Gasteiger partial charge in [-0.05, 0) is 37.5 Å². The SMILES string of the molecule is CCCC[C@H](NC(=O)[C@H](CC(C)C)NC(=O)OCC1CCCCC1)C(O)C1CC1=O. The van der Waals surface area contributed by atoms with Gasteiger partial charge in [-0.1, -0.05) is 52.9 Å². The highest BCUT2D eigenvalue weighted by Crippen LogP contribution is 2.30. The summed E-state index contributed by atoms with van der Waals surface area (Å²) in [6, 6.07) is -1.21. The van der Waals surface area contributed by atoms with Crippen LogP contribution in [0.5, 0.6) is 0 Å². The molecule has 0 radical (unpaired) electrons. The number of hydrogen-bond acceptors (Lipinski definition) is 5. The van der Waals surface area contributed by atoms with E-state index in [0.717, 1.165) is 25.7 Å². The average Bonchev–Trinajstić information content (AvgIpc) is 3.45. The molecule has 2 aliphatic carbocycles.